The van der Waals surface area contributed by atoms with E-state index in [4.69, 9.17) is 0 Å². The summed E-state index contributed by atoms with van der Waals surface area (Å²) in [6.07, 6.45) is 4.13. The predicted octanol–water partition coefficient (Wildman–Crippen LogP) is 3.27. The molecule has 0 bridgehead atoms. The number of benzene rings is 1. The van der Waals surface area contributed by atoms with Gasteiger partial charge in [-0.2, -0.15) is 0 Å². The molecule has 0 amide bonds. The van der Waals surface area contributed by atoms with Crippen molar-refractivity contribution in [2.45, 2.75) is 20.8 Å². The number of para-hydroxylation sites is 1. The Morgan fingerprint density at radius 2 is 1.69 bits per heavy atom. The second-order valence-electron chi connectivity index (χ2n) is 3.33. The van der Waals surface area contributed by atoms with Crippen LogP contribution < -0.4 is 4.90 Å². The molecule has 1 rings (SSSR count). The Morgan fingerprint density at radius 3 is 2.15 bits per heavy atom. The minimum absolute atomic E-state index is 1.31. The predicted molar refractivity (Wildman–Crippen MR) is 59.1 cm³/mol. The molecule has 70 valence electrons. The average molecular weight is 175 g/mol. The quantitative estimate of drug-likeness (QED) is 0.666. The molecule has 1 heteroatoms. The van der Waals surface area contributed by atoms with Crippen molar-refractivity contribution in [1.82, 2.24) is 0 Å². The monoisotopic (exact) mass is 175 g/mol. The molecule has 0 aliphatic rings. The largest absolute Gasteiger partial charge is 0.351 e. The van der Waals surface area contributed by atoms with E-state index in [1.807, 2.05) is 13.0 Å². The molecular formula is C12H17N. The van der Waals surface area contributed by atoms with Crippen molar-refractivity contribution in [1.29, 1.82) is 0 Å². The minimum Gasteiger partial charge on any atom is -0.351 e. The van der Waals surface area contributed by atoms with Crippen LogP contribution in [-0.4, -0.2) is 7.05 Å². The summed E-state index contributed by atoms with van der Waals surface area (Å²) in [5.41, 5.74) is 3.95. The SMILES string of the molecule is C/C=C\N(C)c1c(C)cccc1C. The Kier molecular flexibility index (Phi) is 3.13. The van der Waals surface area contributed by atoms with Gasteiger partial charge in [-0.25, -0.2) is 0 Å². The van der Waals surface area contributed by atoms with E-state index in [1.54, 1.807) is 0 Å². The zero-order valence-corrected chi connectivity index (χ0v) is 8.83. The van der Waals surface area contributed by atoms with Crippen molar-refractivity contribution >= 4 is 5.69 Å². The number of anilines is 1. The van der Waals surface area contributed by atoms with E-state index in [-0.39, 0.29) is 0 Å². The van der Waals surface area contributed by atoms with Gasteiger partial charge in [0.1, 0.15) is 0 Å². The highest BCUT2D eigenvalue weighted by molar-refractivity contribution is 5.59. The lowest BCUT2D eigenvalue weighted by Gasteiger charge is -2.19. The van der Waals surface area contributed by atoms with Crippen LogP contribution in [0.4, 0.5) is 5.69 Å². The number of aryl methyl sites for hydroxylation is 2. The van der Waals surface area contributed by atoms with Gasteiger partial charge in [0.05, 0.1) is 0 Å². The van der Waals surface area contributed by atoms with Crippen LogP contribution in [0.25, 0.3) is 0 Å². The summed E-state index contributed by atoms with van der Waals surface area (Å²) >= 11 is 0. The Morgan fingerprint density at radius 1 is 1.15 bits per heavy atom. The van der Waals surface area contributed by atoms with Gasteiger partial charge in [-0.3, -0.25) is 0 Å². The normalized spacial score (nSPS) is 10.8. The maximum absolute atomic E-state index is 2.16. The van der Waals surface area contributed by atoms with Crippen LogP contribution in [0.15, 0.2) is 30.5 Å². The summed E-state index contributed by atoms with van der Waals surface area (Å²) in [5, 5.41) is 0. The van der Waals surface area contributed by atoms with Gasteiger partial charge in [0.2, 0.25) is 0 Å². The first-order valence-corrected chi connectivity index (χ1v) is 4.58. The van der Waals surface area contributed by atoms with E-state index in [9.17, 15) is 0 Å². The molecule has 0 aliphatic carbocycles. The zero-order valence-electron chi connectivity index (χ0n) is 8.83. The molecule has 0 unspecified atom stereocenters. The summed E-state index contributed by atoms with van der Waals surface area (Å²) in [4.78, 5) is 2.16. The van der Waals surface area contributed by atoms with Crippen LogP contribution in [0.3, 0.4) is 0 Å². The van der Waals surface area contributed by atoms with Crippen LogP contribution in [0.2, 0.25) is 0 Å². The van der Waals surface area contributed by atoms with E-state index in [0.29, 0.717) is 0 Å². The first-order valence-electron chi connectivity index (χ1n) is 4.58. The second-order valence-corrected chi connectivity index (χ2v) is 3.33. The lowest BCUT2D eigenvalue weighted by molar-refractivity contribution is 1.15. The molecule has 1 aromatic rings. The molecule has 0 heterocycles. The molecule has 1 aromatic carbocycles. The molecule has 0 atom stereocenters. The van der Waals surface area contributed by atoms with Crippen LogP contribution in [-0.2, 0) is 0 Å². The fraction of sp³-hybridized carbons (Fsp3) is 0.333. The third-order valence-electron chi connectivity index (χ3n) is 2.16. The van der Waals surface area contributed by atoms with Gasteiger partial charge in [0.15, 0.2) is 0 Å². The number of rotatable bonds is 2. The van der Waals surface area contributed by atoms with E-state index < -0.39 is 0 Å². The first kappa shape index (κ1) is 9.85. The highest BCUT2D eigenvalue weighted by Crippen LogP contribution is 2.23. The Labute approximate surface area is 80.7 Å². The molecule has 0 fully saturated rings. The summed E-state index contributed by atoms with van der Waals surface area (Å²) in [6, 6.07) is 6.38. The molecule has 13 heavy (non-hydrogen) atoms. The first-order chi connectivity index (χ1) is 6.16. The second kappa shape index (κ2) is 4.13. The fourth-order valence-corrected chi connectivity index (χ4v) is 1.66. The molecule has 1 nitrogen and oxygen atoms in total. The summed E-state index contributed by atoms with van der Waals surface area (Å²) in [5.74, 6) is 0. The molecule has 0 aromatic heterocycles. The number of allylic oxidation sites excluding steroid dienone is 1. The molecule has 0 saturated carbocycles. The molecular weight excluding hydrogens is 158 g/mol. The van der Waals surface area contributed by atoms with Crippen molar-refractivity contribution in [3.8, 4) is 0 Å². The topological polar surface area (TPSA) is 3.24 Å². The lowest BCUT2D eigenvalue weighted by atomic mass is 10.1. The van der Waals surface area contributed by atoms with E-state index >= 15 is 0 Å². The average Bonchev–Trinajstić information content (AvgIpc) is 2.04. The van der Waals surface area contributed by atoms with Crippen molar-refractivity contribution in [2.24, 2.45) is 0 Å². The number of nitrogens with zero attached hydrogens (tertiary/aromatic N) is 1. The number of hydrogen-bond acceptors (Lipinski definition) is 1. The summed E-state index contributed by atoms with van der Waals surface area (Å²) < 4.78 is 0. The Hall–Kier alpha value is -1.24. The molecule has 0 aliphatic heterocycles. The van der Waals surface area contributed by atoms with Crippen LogP contribution in [0, 0.1) is 13.8 Å². The fourth-order valence-electron chi connectivity index (χ4n) is 1.66. The van der Waals surface area contributed by atoms with Gasteiger partial charge in [0, 0.05) is 12.7 Å². The van der Waals surface area contributed by atoms with Gasteiger partial charge in [-0.1, -0.05) is 24.3 Å². The highest BCUT2D eigenvalue weighted by Gasteiger charge is 2.03. The van der Waals surface area contributed by atoms with Crippen LogP contribution in [0.5, 0.6) is 0 Å². The van der Waals surface area contributed by atoms with Crippen molar-refractivity contribution in [3.63, 3.8) is 0 Å². The van der Waals surface area contributed by atoms with E-state index in [0.717, 1.165) is 0 Å². The maximum Gasteiger partial charge on any atom is 0.0462 e. The third-order valence-corrected chi connectivity index (χ3v) is 2.16. The lowest BCUT2D eigenvalue weighted by Crippen LogP contribution is -2.10. The zero-order chi connectivity index (χ0) is 9.84. The van der Waals surface area contributed by atoms with Gasteiger partial charge in [0.25, 0.3) is 0 Å². The third kappa shape index (κ3) is 2.11. The molecule has 0 radical (unpaired) electrons. The molecule has 0 N–H and O–H groups in total. The minimum atomic E-state index is 1.31. The highest BCUT2D eigenvalue weighted by atomic mass is 15.1. The van der Waals surface area contributed by atoms with Crippen molar-refractivity contribution in [3.05, 3.63) is 41.6 Å². The summed E-state index contributed by atoms with van der Waals surface area (Å²) in [7, 11) is 2.08. The van der Waals surface area contributed by atoms with E-state index in [1.165, 1.54) is 16.8 Å². The Bertz CT molecular complexity index is 293. The maximum atomic E-state index is 2.16. The van der Waals surface area contributed by atoms with Gasteiger partial charge >= 0.3 is 0 Å². The Balaban J connectivity index is 3.12. The van der Waals surface area contributed by atoms with E-state index in [2.05, 4.69) is 50.2 Å². The number of hydrogen-bond donors (Lipinski definition) is 0. The standard InChI is InChI=1S/C12H17N/c1-5-9-13(4)12-10(2)7-6-8-11(12)3/h5-9H,1-4H3/b9-5-. The summed E-state index contributed by atoms with van der Waals surface area (Å²) in [6.45, 7) is 6.31. The van der Waals surface area contributed by atoms with Gasteiger partial charge < -0.3 is 4.90 Å². The van der Waals surface area contributed by atoms with Crippen molar-refractivity contribution in [2.75, 3.05) is 11.9 Å². The van der Waals surface area contributed by atoms with Crippen molar-refractivity contribution < 1.29 is 0 Å². The molecule has 0 spiro atoms. The molecule has 0 saturated heterocycles. The smallest absolute Gasteiger partial charge is 0.0462 e. The van der Waals surface area contributed by atoms with Crippen LogP contribution in [0.1, 0.15) is 18.1 Å². The van der Waals surface area contributed by atoms with Gasteiger partial charge in [-0.05, 0) is 38.1 Å². The van der Waals surface area contributed by atoms with Crippen LogP contribution >= 0.6 is 0 Å². The van der Waals surface area contributed by atoms with Gasteiger partial charge in [-0.15, -0.1) is 0 Å².